The molecular formula is C18H36O2. The minimum absolute atomic E-state index is 0.333. The number of unbranched alkanes of at least 4 members (excludes halogenated alkanes) is 1. The molecule has 0 saturated heterocycles. The van der Waals surface area contributed by atoms with Crippen molar-refractivity contribution in [3.05, 3.63) is 0 Å². The molecule has 2 heteroatoms. The van der Waals surface area contributed by atoms with Crippen LogP contribution < -0.4 is 0 Å². The third-order valence-corrected chi connectivity index (χ3v) is 4.21. The molecule has 0 radical (unpaired) electrons. The van der Waals surface area contributed by atoms with Crippen molar-refractivity contribution in [3.63, 3.8) is 0 Å². The van der Waals surface area contributed by atoms with Crippen LogP contribution in [0.25, 0.3) is 0 Å². The molecule has 0 aliphatic rings. The minimum Gasteiger partial charge on any atom is -0.481 e. The van der Waals surface area contributed by atoms with Crippen LogP contribution in [0.3, 0.4) is 0 Å². The Bertz CT molecular complexity index is 236. The average molecular weight is 284 g/mol. The molecule has 20 heavy (non-hydrogen) atoms. The van der Waals surface area contributed by atoms with E-state index in [4.69, 9.17) is 5.11 Å². The summed E-state index contributed by atoms with van der Waals surface area (Å²) in [6.07, 6.45) is 11.6. The third kappa shape index (κ3) is 13.9. The molecule has 0 aromatic rings. The van der Waals surface area contributed by atoms with E-state index >= 15 is 0 Å². The Morgan fingerprint density at radius 3 is 1.65 bits per heavy atom. The summed E-state index contributed by atoms with van der Waals surface area (Å²) in [5.41, 5.74) is 0. The van der Waals surface area contributed by atoms with Crippen LogP contribution in [0.1, 0.15) is 91.9 Å². The van der Waals surface area contributed by atoms with E-state index in [0.29, 0.717) is 6.42 Å². The molecule has 0 spiro atoms. The fourth-order valence-corrected chi connectivity index (χ4v) is 2.75. The largest absolute Gasteiger partial charge is 0.481 e. The monoisotopic (exact) mass is 284 g/mol. The van der Waals surface area contributed by atoms with Gasteiger partial charge in [-0.2, -0.15) is 0 Å². The van der Waals surface area contributed by atoms with Gasteiger partial charge in [-0.25, -0.2) is 0 Å². The number of hydrogen-bond donors (Lipinski definition) is 1. The molecule has 0 aliphatic carbocycles. The van der Waals surface area contributed by atoms with Crippen LogP contribution in [0.4, 0.5) is 0 Å². The predicted octanol–water partition coefficient (Wildman–Crippen LogP) is 5.90. The summed E-state index contributed by atoms with van der Waals surface area (Å²) in [6.45, 7) is 9.30. The molecule has 0 saturated carbocycles. The first-order valence-electron chi connectivity index (χ1n) is 8.63. The van der Waals surface area contributed by atoms with Crippen LogP contribution >= 0.6 is 0 Å². The Morgan fingerprint density at radius 1 is 0.750 bits per heavy atom. The number of carbonyl (C=O) groups is 1. The molecule has 0 heterocycles. The normalized spacial score (nSPS) is 14.4. The van der Waals surface area contributed by atoms with Crippen LogP contribution in [0.15, 0.2) is 0 Å². The van der Waals surface area contributed by atoms with Gasteiger partial charge in [0.25, 0.3) is 0 Å². The van der Waals surface area contributed by atoms with E-state index in [1.165, 1.54) is 44.9 Å². The van der Waals surface area contributed by atoms with E-state index < -0.39 is 5.97 Å². The van der Waals surface area contributed by atoms with Crippen molar-refractivity contribution >= 4 is 5.97 Å². The molecule has 0 aromatic carbocycles. The second kappa shape index (κ2) is 12.2. The molecule has 120 valence electrons. The number of hydrogen-bond acceptors (Lipinski definition) is 1. The van der Waals surface area contributed by atoms with E-state index in [2.05, 4.69) is 27.7 Å². The highest BCUT2D eigenvalue weighted by molar-refractivity contribution is 5.66. The standard InChI is InChI=1S/C18H36O2/c1-15(2)9-7-11-17(4)13-8-12-16(3)10-5-6-14-18(19)20/h15-17H,5-14H2,1-4H3,(H,19,20). The lowest BCUT2D eigenvalue weighted by Crippen LogP contribution is -2.01. The van der Waals surface area contributed by atoms with Gasteiger partial charge < -0.3 is 5.11 Å². The topological polar surface area (TPSA) is 37.3 Å². The fraction of sp³-hybridized carbons (Fsp3) is 0.944. The summed E-state index contributed by atoms with van der Waals surface area (Å²) in [4.78, 5) is 10.4. The average Bonchev–Trinajstić information content (AvgIpc) is 2.34. The van der Waals surface area contributed by atoms with Gasteiger partial charge in [0.05, 0.1) is 0 Å². The zero-order chi connectivity index (χ0) is 15.4. The van der Waals surface area contributed by atoms with E-state index in [9.17, 15) is 4.79 Å². The van der Waals surface area contributed by atoms with E-state index in [-0.39, 0.29) is 0 Å². The van der Waals surface area contributed by atoms with Crippen molar-refractivity contribution in [2.45, 2.75) is 91.9 Å². The Morgan fingerprint density at radius 2 is 1.20 bits per heavy atom. The van der Waals surface area contributed by atoms with Crippen molar-refractivity contribution in [1.82, 2.24) is 0 Å². The highest BCUT2D eigenvalue weighted by Crippen LogP contribution is 2.21. The molecule has 0 fully saturated rings. The second-order valence-corrected chi connectivity index (χ2v) is 7.11. The molecule has 2 nitrogen and oxygen atoms in total. The second-order valence-electron chi connectivity index (χ2n) is 7.11. The van der Waals surface area contributed by atoms with Crippen molar-refractivity contribution in [2.75, 3.05) is 0 Å². The summed E-state index contributed by atoms with van der Waals surface area (Å²) in [7, 11) is 0. The van der Waals surface area contributed by atoms with Crippen LogP contribution in [0.5, 0.6) is 0 Å². The minimum atomic E-state index is -0.659. The quantitative estimate of drug-likeness (QED) is 0.427. The first kappa shape index (κ1) is 19.5. The number of carboxylic acids is 1. The van der Waals surface area contributed by atoms with Gasteiger partial charge in [0.2, 0.25) is 0 Å². The first-order chi connectivity index (χ1) is 9.41. The van der Waals surface area contributed by atoms with Gasteiger partial charge in [-0.1, -0.05) is 79.1 Å². The Kier molecular flexibility index (Phi) is 11.9. The molecule has 0 amide bonds. The smallest absolute Gasteiger partial charge is 0.303 e. The fourth-order valence-electron chi connectivity index (χ4n) is 2.75. The van der Waals surface area contributed by atoms with Gasteiger partial charge in [-0.15, -0.1) is 0 Å². The molecule has 0 bridgehead atoms. The molecule has 0 aromatic heterocycles. The lowest BCUT2D eigenvalue weighted by molar-refractivity contribution is -0.137. The van der Waals surface area contributed by atoms with Gasteiger partial charge in [-0.05, 0) is 24.2 Å². The maximum Gasteiger partial charge on any atom is 0.303 e. The Labute approximate surface area is 126 Å². The van der Waals surface area contributed by atoms with Crippen LogP contribution in [-0.2, 0) is 4.79 Å². The number of rotatable bonds is 13. The first-order valence-corrected chi connectivity index (χ1v) is 8.63. The van der Waals surface area contributed by atoms with Gasteiger partial charge >= 0.3 is 5.97 Å². The Balaban J connectivity index is 3.41. The van der Waals surface area contributed by atoms with Crippen molar-refractivity contribution < 1.29 is 9.90 Å². The Hall–Kier alpha value is -0.530. The summed E-state index contributed by atoms with van der Waals surface area (Å²) in [5.74, 6) is 1.81. The molecule has 2 atom stereocenters. The molecule has 1 N–H and O–H groups in total. The van der Waals surface area contributed by atoms with Crippen molar-refractivity contribution in [3.8, 4) is 0 Å². The van der Waals surface area contributed by atoms with Gasteiger partial charge in [0, 0.05) is 6.42 Å². The van der Waals surface area contributed by atoms with Gasteiger partial charge in [-0.3, -0.25) is 4.79 Å². The molecule has 2 unspecified atom stereocenters. The molecule has 0 aliphatic heterocycles. The van der Waals surface area contributed by atoms with Crippen LogP contribution in [-0.4, -0.2) is 11.1 Å². The van der Waals surface area contributed by atoms with E-state index in [1.54, 1.807) is 0 Å². The highest BCUT2D eigenvalue weighted by Gasteiger charge is 2.06. The zero-order valence-electron chi connectivity index (χ0n) is 14.2. The summed E-state index contributed by atoms with van der Waals surface area (Å²) in [6, 6.07) is 0. The zero-order valence-corrected chi connectivity index (χ0v) is 14.2. The lowest BCUT2D eigenvalue weighted by Gasteiger charge is -2.14. The van der Waals surface area contributed by atoms with Gasteiger partial charge in [0.15, 0.2) is 0 Å². The third-order valence-electron chi connectivity index (χ3n) is 4.21. The number of carboxylic acid groups (broad SMARTS) is 1. The maximum atomic E-state index is 10.4. The SMILES string of the molecule is CC(C)CCCC(C)CCCC(C)CCCCC(=O)O. The van der Waals surface area contributed by atoms with E-state index in [1.807, 2.05) is 0 Å². The van der Waals surface area contributed by atoms with Crippen molar-refractivity contribution in [1.29, 1.82) is 0 Å². The van der Waals surface area contributed by atoms with E-state index in [0.717, 1.165) is 30.6 Å². The summed E-state index contributed by atoms with van der Waals surface area (Å²) >= 11 is 0. The summed E-state index contributed by atoms with van der Waals surface area (Å²) in [5, 5.41) is 8.59. The lowest BCUT2D eigenvalue weighted by atomic mass is 9.92. The van der Waals surface area contributed by atoms with Crippen molar-refractivity contribution in [2.24, 2.45) is 17.8 Å². The van der Waals surface area contributed by atoms with Crippen LogP contribution in [0, 0.1) is 17.8 Å². The van der Waals surface area contributed by atoms with Gasteiger partial charge in [0.1, 0.15) is 0 Å². The number of aliphatic carboxylic acids is 1. The predicted molar refractivity (Wildman–Crippen MR) is 87.0 cm³/mol. The van der Waals surface area contributed by atoms with Crippen LogP contribution in [0.2, 0.25) is 0 Å². The highest BCUT2D eigenvalue weighted by atomic mass is 16.4. The summed E-state index contributed by atoms with van der Waals surface area (Å²) < 4.78 is 0. The maximum absolute atomic E-state index is 10.4. The molecular weight excluding hydrogens is 248 g/mol. The molecule has 0 rings (SSSR count).